The van der Waals surface area contributed by atoms with Crippen LogP contribution < -0.4 is 0 Å². The number of rotatable bonds is 9. The van der Waals surface area contributed by atoms with Crippen LogP contribution in [0, 0.1) is 5.41 Å². The molecule has 7 nitrogen and oxygen atoms in total. The Morgan fingerprint density at radius 3 is 2.31 bits per heavy atom. The molecule has 1 aliphatic heterocycles. The van der Waals surface area contributed by atoms with Gasteiger partial charge < -0.3 is 24.1 Å². The highest BCUT2D eigenvalue weighted by Crippen LogP contribution is 2.34. The maximum atomic E-state index is 12.9. The third-order valence-corrected chi connectivity index (χ3v) is 6.69. The molecule has 3 rings (SSSR count). The molecule has 2 aromatic rings. The van der Waals surface area contributed by atoms with Crippen molar-refractivity contribution in [1.82, 2.24) is 0 Å². The Hall–Kier alpha value is -1.52. The van der Waals surface area contributed by atoms with Gasteiger partial charge >= 0.3 is 5.97 Å². The van der Waals surface area contributed by atoms with E-state index in [-0.39, 0.29) is 13.2 Å². The largest absolute Gasteiger partial charge is 0.475 e. The number of ether oxygens (including phenoxy) is 4. The summed E-state index contributed by atoms with van der Waals surface area (Å²) in [6.07, 6.45) is -4.06. The van der Waals surface area contributed by atoms with Crippen molar-refractivity contribution in [3.05, 3.63) is 71.8 Å². The minimum Gasteiger partial charge on any atom is -0.475 e. The SMILES string of the molecule is CCS[C@@H]1O[C@H](COC(=N)C(Cl)(Cl)Cl)[C@@H](O)[C@H](OCc2ccccc2)[C@H]1OC(=O)c1ccccc1. The number of benzene rings is 2. The number of carbonyl (C=O) groups excluding carboxylic acids is 1. The second-order valence-electron chi connectivity index (χ2n) is 7.62. The predicted octanol–water partition coefficient (Wildman–Crippen LogP) is 5.00. The molecule has 190 valence electrons. The van der Waals surface area contributed by atoms with Gasteiger partial charge in [0.05, 0.1) is 12.2 Å². The molecular weight excluding hydrogens is 537 g/mol. The smallest absolute Gasteiger partial charge is 0.338 e. The summed E-state index contributed by atoms with van der Waals surface area (Å²) in [4.78, 5) is 12.9. The zero-order chi connectivity index (χ0) is 25.4. The second kappa shape index (κ2) is 13.1. The van der Waals surface area contributed by atoms with E-state index < -0.39 is 45.5 Å². The Kier molecular flexibility index (Phi) is 10.5. The molecule has 0 radical (unpaired) electrons. The number of carbonyl (C=O) groups is 1. The van der Waals surface area contributed by atoms with Gasteiger partial charge in [-0.3, -0.25) is 5.41 Å². The van der Waals surface area contributed by atoms with Gasteiger partial charge in [0.2, 0.25) is 5.90 Å². The van der Waals surface area contributed by atoms with E-state index in [2.05, 4.69) is 0 Å². The minimum absolute atomic E-state index is 0.170. The van der Waals surface area contributed by atoms with Gasteiger partial charge in [0.25, 0.3) is 3.79 Å². The molecule has 35 heavy (non-hydrogen) atoms. The summed E-state index contributed by atoms with van der Waals surface area (Å²) in [5, 5.41) is 18.9. The number of aliphatic hydroxyl groups excluding tert-OH is 1. The van der Waals surface area contributed by atoms with Gasteiger partial charge in [-0.05, 0) is 23.4 Å². The van der Waals surface area contributed by atoms with E-state index in [9.17, 15) is 9.90 Å². The third-order valence-electron chi connectivity index (χ3n) is 5.14. The Morgan fingerprint density at radius 1 is 1.09 bits per heavy atom. The van der Waals surface area contributed by atoms with Crippen LogP contribution in [0.5, 0.6) is 0 Å². The average Bonchev–Trinajstić information content (AvgIpc) is 2.85. The Bertz CT molecular complexity index is 963. The van der Waals surface area contributed by atoms with Crippen molar-refractivity contribution in [1.29, 1.82) is 5.41 Å². The van der Waals surface area contributed by atoms with E-state index in [1.165, 1.54) is 11.8 Å². The Labute approximate surface area is 223 Å². The number of esters is 1. The normalized spacial score (nSPS) is 24.5. The van der Waals surface area contributed by atoms with Gasteiger partial charge in [-0.25, -0.2) is 4.79 Å². The molecule has 0 saturated carbocycles. The fraction of sp³-hybridized carbons (Fsp3) is 0.417. The van der Waals surface area contributed by atoms with Crippen LogP contribution in [-0.2, 0) is 25.6 Å². The van der Waals surface area contributed by atoms with Crippen molar-refractivity contribution in [3.63, 3.8) is 0 Å². The van der Waals surface area contributed by atoms with Gasteiger partial charge in [-0.1, -0.05) is 90.3 Å². The standard InChI is InChI=1S/C24H26Cl3NO6S/c1-2-35-22-20(34-21(30)16-11-7-4-8-12-16)19(31-13-15-9-5-3-6-10-15)18(29)17(33-22)14-32-23(28)24(25,26)27/h3-12,17-20,22,28-29H,2,13-14H2,1H3/t17-,18-,19+,20-,22+/m1/s1. The number of aliphatic hydroxyl groups is 1. The van der Waals surface area contributed by atoms with E-state index in [0.29, 0.717) is 11.3 Å². The molecule has 5 atom stereocenters. The summed E-state index contributed by atoms with van der Waals surface area (Å²) in [6.45, 7) is 1.83. The number of alkyl halides is 3. The van der Waals surface area contributed by atoms with Gasteiger partial charge in [0.15, 0.2) is 6.10 Å². The maximum absolute atomic E-state index is 12.9. The topological polar surface area (TPSA) is 98.1 Å². The molecule has 2 N–H and O–H groups in total. The van der Waals surface area contributed by atoms with Crippen LogP contribution in [-0.4, -0.2) is 63.0 Å². The molecule has 0 unspecified atom stereocenters. The molecule has 0 aliphatic carbocycles. The Morgan fingerprint density at radius 2 is 1.71 bits per heavy atom. The number of halogens is 3. The van der Waals surface area contributed by atoms with E-state index in [1.807, 2.05) is 37.3 Å². The molecule has 0 bridgehead atoms. The maximum Gasteiger partial charge on any atom is 0.338 e. The second-order valence-corrected chi connectivity index (χ2v) is 11.3. The first-order valence-electron chi connectivity index (χ1n) is 10.9. The van der Waals surface area contributed by atoms with Gasteiger partial charge in [0, 0.05) is 0 Å². The molecule has 2 aromatic carbocycles. The number of nitrogens with one attached hydrogen (secondary N) is 1. The van der Waals surface area contributed by atoms with Crippen molar-refractivity contribution >= 4 is 58.4 Å². The summed E-state index contributed by atoms with van der Waals surface area (Å²) in [5.74, 6) is -0.519. The van der Waals surface area contributed by atoms with Crippen LogP contribution in [0.3, 0.4) is 0 Å². The van der Waals surface area contributed by atoms with Crippen LogP contribution >= 0.6 is 46.6 Å². The van der Waals surface area contributed by atoms with Crippen LogP contribution in [0.25, 0.3) is 0 Å². The fourth-order valence-corrected chi connectivity index (χ4v) is 4.54. The van der Waals surface area contributed by atoms with Crippen molar-refractivity contribution in [3.8, 4) is 0 Å². The summed E-state index contributed by atoms with van der Waals surface area (Å²) < 4.78 is 21.2. The first-order valence-corrected chi connectivity index (χ1v) is 13.0. The van der Waals surface area contributed by atoms with E-state index in [4.69, 9.17) is 59.2 Å². The van der Waals surface area contributed by atoms with Crippen LogP contribution in [0.2, 0.25) is 0 Å². The fourth-order valence-electron chi connectivity index (χ4n) is 3.42. The van der Waals surface area contributed by atoms with Crippen molar-refractivity contribution in [2.75, 3.05) is 12.4 Å². The molecule has 1 saturated heterocycles. The number of hydrogen-bond donors (Lipinski definition) is 2. The number of thioether (sulfide) groups is 1. The lowest BCUT2D eigenvalue weighted by Gasteiger charge is -2.43. The van der Waals surface area contributed by atoms with Gasteiger partial charge in [0.1, 0.15) is 30.4 Å². The van der Waals surface area contributed by atoms with Crippen molar-refractivity contribution in [2.24, 2.45) is 0 Å². The molecule has 11 heteroatoms. The first-order chi connectivity index (χ1) is 16.7. The molecule has 1 aliphatic rings. The highest BCUT2D eigenvalue weighted by atomic mass is 35.6. The minimum atomic E-state index is -2.05. The zero-order valence-electron chi connectivity index (χ0n) is 18.8. The molecular formula is C24H26Cl3NO6S. The van der Waals surface area contributed by atoms with Gasteiger partial charge in [-0.15, -0.1) is 11.8 Å². The molecule has 0 spiro atoms. The summed E-state index contributed by atoms with van der Waals surface area (Å²) in [6, 6.07) is 18.0. The van der Waals surface area contributed by atoms with Crippen LogP contribution in [0.1, 0.15) is 22.8 Å². The summed E-state index contributed by atoms with van der Waals surface area (Å²) >= 11 is 18.5. The summed E-state index contributed by atoms with van der Waals surface area (Å²) in [5.41, 5.74) is 0.572. The lowest BCUT2D eigenvalue weighted by Crippen LogP contribution is -2.60. The molecule has 0 aromatic heterocycles. The molecule has 0 amide bonds. The monoisotopic (exact) mass is 561 g/mol. The summed E-state index contributed by atoms with van der Waals surface area (Å²) in [7, 11) is 0. The van der Waals surface area contributed by atoms with Crippen molar-refractivity contribution < 1.29 is 28.8 Å². The first kappa shape index (κ1) is 28.1. The Balaban J connectivity index is 1.83. The highest BCUT2D eigenvalue weighted by molar-refractivity contribution is 7.99. The van der Waals surface area contributed by atoms with Crippen LogP contribution in [0.4, 0.5) is 0 Å². The van der Waals surface area contributed by atoms with E-state index >= 15 is 0 Å². The molecule has 1 fully saturated rings. The van der Waals surface area contributed by atoms with Crippen LogP contribution in [0.15, 0.2) is 60.7 Å². The number of hydrogen-bond acceptors (Lipinski definition) is 8. The lowest BCUT2D eigenvalue weighted by atomic mass is 9.99. The van der Waals surface area contributed by atoms with E-state index in [0.717, 1.165) is 5.56 Å². The third kappa shape index (κ3) is 7.98. The lowest BCUT2D eigenvalue weighted by molar-refractivity contribution is -0.222. The van der Waals surface area contributed by atoms with E-state index in [1.54, 1.807) is 30.3 Å². The average molecular weight is 563 g/mol. The van der Waals surface area contributed by atoms with Crippen molar-refractivity contribution in [2.45, 2.75) is 47.2 Å². The predicted molar refractivity (Wildman–Crippen MR) is 137 cm³/mol. The zero-order valence-corrected chi connectivity index (χ0v) is 21.9. The molecule has 1 heterocycles. The highest BCUT2D eigenvalue weighted by Gasteiger charge is 2.49. The van der Waals surface area contributed by atoms with Gasteiger partial charge in [-0.2, -0.15) is 0 Å². The quantitative estimate of drug-likeness (QED) is 0.192.